The molecule has 182 valence electrons. The largest absolute Gasteiger partial charge is 0.338 e. The van der Waals surface area contributed by atoms with Gasteiger partial charge in [0.1, 0.15) is 0 Å². The van der Waals surface area contributed by atoms with Crippen LogP contribution in [0.4, 0.5) is 0 Å². The van der Waals surface area contributed by atoms with E-state index in [0.717, 1.165) is 17.4 Å². The van der Waals surface area contributed by atoms with E-state index in [1.54, 1.807) is 0 Å². The summed E-state index contributed by atoms with van der Waals surface area (Å²) < 4.78 is 0.892. The van der Waals surface area contributed by atoms with Crippen molar-refractivity contribution in [1.29, 1.82) is 0 Å². The molecule has 3 heterocycles. The van der Waals surface area contributed by atoms with Gasteiger partial charge in [0.15, 0.2) is 0 Å². The molecule has 0 radical (unpaired) electrons. The molecule has 0 N–H and O–H groups in total. The van der Waals surface area contributed by atoms with Crippen molar-refractivity contribution in [3.8, 4) is 0 Å². The second kappa shape index (κ2) is 10.2. The molecular weight excluding hydrogens is 522 g/mol. The van der Waals surface area contributed by atoms with Crippen molar-refractivity contribution in [2.45, 2.75) is 32.4 Å². The van der Waals surface area contributed by atoms with E-state index in [1.165, 1.54) is 21.6 Å². The van der Waals surface area contributed by atoms with Crippen molar-refractivity contribution in [1.82, 2.24) is 14.7 Å². The Hall–Kier alpha value is -2.48. The van der Waals surface area contributed by atoms with E-state index in [4.69, 9.17) is 0 Å². The molecule has 5 nitrogen and oxygen atoms in total. The number of nitrogens with zero attached hydrogens (tertiary/aromatic N) is 3. The number of benzene rings is 2. The van der Waals surface area contributed by atoms with E-state index >= 15 is 0 Å². The van der Waals surface area contributed by atoms with Gasteiger partial charge in [0, 0.05) is 47.1 Å². The maximum Gasteiger partial charge on any atom is 0.254 e. The fraction of sp³-hybridized carbons (Fsp3) is 0.357. The maximum absolute atomic E-state index is 13.5. The molecule has 5 rings (SSSR count). The van der Waals surface area contributed by atoms with Gasteiger partial charge < -0.3 is 9.80 Å². The number of amides is 2. The van der Waals surface area contributed by atoms with Crippen molar-refractivity contribution >= 4 is 39.1 Å². The van der Waals surface area contributed by atoms with Crippen molar-refractivity contribution in [2.24, 2.45) is 0 Å². The zero-order valence-corrected chi connectivity index (χ0v) is 22.5. The number of hydrogen-bond donors (Lipinski definition) is 0. The zero-order chi connectivity index (χ0) is 24.5. The SMILES string of the molecule is Cc1ccc([C@H]2c3ccsc3CCN2CC(=O)N2CCN(C(=O)c3cccc(Br)c3)[C@@H](C)C2)cc1. The third-order valence-electron chi connectivity index (χ3n) is 7.11. The average molecular weight is 553 g/mol. The second-order valence-electron chi connectivity index (χ2n) is 9.53. The summed E-state index contributed by atoms with van der Waals surface area (Å²) in [7, 11) is 0. The van der Waals surface area contributed by atoms with Crippen LogP contribution in [0.25, 0.3) is 0 Å². The summed E-state index contributed by atoms with van der Waals surface area (Å²) in [5.74, 6) is 0.161. The van der Waals surface area contributed by atoms with Crippen LogP contribution in [-0.4, -0.2) is 65.3 Å². The topological polar surface area (TPSA) is 43.9 Å². The summed E-state index contributed by atoms with van der Waals surface area (Å²) in [6.07, 6.45) is 0.980. The Morgan fingerprint density at radius 1 is 1.06 bits per heavy atom. The smallest absolute Gasteiger partial charge is 0.254 e. The summed E-state index contributed by atoms with van der Waals surface area (Å²) in [5.41, 5.74) is 4.48. The molecule has 2 amide bonds. The zero-order valence-electron chi connectivity index (χ0n) is 20.1. The Balaban J connectivity index is 1.28. The van der Waals surface area contributed by atoms with Crippen LogP contribution in [0.5, 0.6) is 0 Å². The van der Waals surface area contributed by atoms with Gasteiger partial charge in [-0.25, -0.2) is 0 Å². The Morgan fingerprint density at radius 3 is 2.60 bits per heavy atom. The van der Waals surface area contributed by atoms with Crippen LogP contribution >= 0.6 is 27.3 Å². The Bertz CT molecular complexity index is 1220. The van der Waals surface area contributed by atoms with Gasteiger partial charge in [-0.05, 0) is 61.0 Å². The Morgan fingerprint density at radius 2 is 1.86 bits per heavy atom. The van der Waals surface area contributed by atoms with Gasteiger partial charge in [-0.2, -0.15) is 0 Å². The highest BCUT2D eigenvalue weighted by molar-refractivity contribution is 9.10. The monoisotopic (exact) mass is 551 g/mol. The lowest BCUT2D eigenvalue weighted by molar-refractivity contribution is -0.135. The lowest BCUT2D eigenvalue weighted by Gasteiger charge is -2.42. The number of rotatable bonds is 4. The molecule has 35 heavy (non-hydrogen) atoms. The first-order valence-corrected chi connectivity index (χ1v) is 13.8. The molecule has 1 saturated heterocycles. The lowest BCUT2D eigenvalue weighted by Crippen LogP contribution is -2.57. The highest BCUT2D eigenvalue weighted by Gasteiger charge is 2.34. The van der Waals surface area contributed by atoms with E-state index in [-0.39, 0.29) is 23.9 Å². The number of piperazine rings is 1. The maximum atomic E-state index is 13.5. The molecule has 1 aromatic heterocycles. The predicted octanol–water partition coefficient (Wildman–Crippen LogP) is 5.14. The normalized spacial score (nSPS) is 20.5. The molecule has 2 atom stereocenters. The predicted molar refractivity (Wildman–Crippen MR) is 144 cm³/mol. The molecule has 7 heteroatoms. The fourth-order valence-electron chi connectivity index (χ4n) is 5.22. The van der Waals surface area contributed by atoms with Crippen LogP contribution in [0.1, 0.15) is 44.9 Å². The molecule has 1 fully saturated rings. The van der Waals surface area contributed by atoms with Gasteiger partial charge in [-0.15, -0.1) is 11.3 Å². The van der Waals surface area contributed by atoms with E-state index in [1.807, 2.05) is 52.3 Å². The third kappa shape index (κ3) is 5.08. The number of thiophene rings is 1. The molecule has 0 spiro atoms. The molecule has 2 aliphatic rings. The van der Waals surface area contributed by atoms with Gasteiger partial charge in [-0.1, -0.05) is 51.8 Å². The van der Waals surface area contributed by atoms with E-state index < -0.39 is 0 Å². The number of aryl methyl sites for hydroxylation is 1. The van der Waals surface area contributed by atoms with E-state index in [0.29, 0.717) is 31.7 Å². The fourth-order valence-corrected chi connectivity index (χ4v) is 6.53. The second-order valence-corrected chi connectivity index (χ2v) is 11.4. The first-order valence-electron chi connectivity index (χ1n) is 12.1. The molecule has 3 aromatic rings. The van der Waals surface area contributed by atoms with Gasteiger partial charge in [0.25, 0.3) is 5.91 Å². The minimum absolute atomic E-state index is 0.0198. The van der Waals surface area contributed by atoms with Crippen LogP contribution in [0.15, 0.2) is 64.5 Å². The number of hydrogen-bond acceptors (Lipinski definition) is 4. The molecular formula is C28H30BrN3O2S. The summed E-state index contributed by atoms with van der Waals surface area (Å²) >= 11 is 5.27. The van der Waals surface area contributed by atoms with Crippen molar-refractivity contribution in [3.05, 3.63) is 91.6 Å². The standard InChI is InChI=1S/C28H30BrN3O2S/c1-19-6-8-21(9-7-19)27-24-11-15-35-25(24)10-12-31(27)18-26(33)30-13-14-32(20(2)17-30)28(34)22-4-3-5-23(29)16-22/h3-9,11,15-16,20,27H,10,12-14,17-18H2,1-2H3/t20-,27-/m0/s1. The molecule has 2 aromatic carbocycles. The number of carbonyl (C=O) groups excluding carboxylic acids is 2. The van der Waals surface area contributed by atoms with Gasteiger partial charge in [-0.3, -0.25) is 14.5 Å². The summed E-state index contributed by atoms with van der Waals surface area (Å²) in [6, 6.07) is 18.5. The highest BCUT2D eigenvalue weighted by atomic mass is 79.9. The van der Waals surface area contributed by atoms with Crippen molar-refractivity contribution in [3.63, 3.8) is 0 Å². The van der Waals surface area contributed by atoms with Crippen LogP contribution in [0, 0.1) is 6.92 Å². The van der Waals surface area contributed by atoms with Crippen molar-refractivity contribution in [2.75, 3.05) is 32.7 Å². The third-order valence-corrected chi connectivity index (χ3v) is 8.60. The lowest BCUT2D eigenvalue weighted by atomic mass is 9.92. The summed E-state index contributed by atoms with van der Waals surface area (Å²) in [5, 5.41) is 2.17. The number of carbonyl (C=O) groups is 2. The first-order chi connectivity index (χ1) is 16.9. The number of fused-ring (bicyclic) bond motifs is 1. The van der Waals surface area contributed by atoms with E-state index in [2.05, 4.69) is 63.5 Å². The summed E-state index contributed by atoms with van der Waals surface area (Å²) in [6.45, 7) is 7.07. The van der Waals surface area contributed by atoms with Crippen LogP contribution in [0.3, 0.4) is 0 Å². The van der Waals surface area contributed by atoms with Crippen LogP contribution in [0.2, 0.25) is 0 Å². The van der Waals surface area contributed by atoms with Crippen LogP contribution in [-0.2, 0) is 11.2 Å². The van der Waals surface area contributed by atoms with Gasteiger partial charge >= 0.3 is 0 Å². The Kier molecular flexibility index (Phi) is 7.09. The first kappa shape index (κ1) is 24.2. The molecule has 0 unspecified atom stereocenters. The molecule has 0 aliphatic carbocycles. The molecule has 2 aliphatic heterocycles. The average Bonchev–Trinajstić information content (AvgIpc) is 3.33. The Labute approximate surface area is 219 Å². The van der Waals surface area contributed by atoms with Gasteiger partial charge in [0.2, 0.25) is 5.91 Å². The van der Waals surface area contributed by atoms with Gasteiger partial charge in [0.05, 0.1) is 12.6 Å². The molecule has 0 saturated carbocycles. The summed E-state index contributed by atoms with van der Waals surface area (Å²) in [4.78, 5) is 34.1. The van der Waals surface area contributed by atoms with Crippen molar-refractivity contribution < 1.29 is 9.59 Å². The van der Waals surface area contributed by atoms with E-state index in [9.17, 15) is 9.59 Å². The highest BCUT2D eigenvalue weighted by Crippen LogP contribution is 2.37. The molecule has 0 bridgehead atoms. The van der Waals surface area contributed by atoms with Crippen LogP contribution < -0.4 is 0 Å². The minimum atomic E-state index is -0.0306. The number of halogens is 1. The quantitative estimate of drug-likeness (QED) is 0.451. The minimum Gasteiger partial charge on any atom is -0.338 e.